The summed E-state index contributed by atoms with van der Waals surface area (Å²) >= 11 is 1.14. The zero-order chi connectivity index (χ0) is 9.54. The molecule has 1 aromatic heterocycles. The van der Waals surface area contributed by atoms with E-state index in [1.807, 2.05) is 36.4 Å². The third-order valence-electron chi connectivity index (χ3n) is 2.20. The summed E-state index contributed by atoms with van der Waals surface area (Å²) in [4.78, 5) is 10.8. The van der Waals surface area contributed by atoms with Crippen LogP contribution in [0.3, 0.4) is 0 Å². The molecule has 3 aromatic rings. The Bertz CT molecular complexity index is 608. The first-order valence-corrected chi connectivity index (χ1v) is 5.07. The summed E-state index contributed by atoms with van der Waals surface area (Å²) in [5, 5.41) is 2.23. The molecule has 0 atom stereocenters. The van der Waals surface area contributed by atoms with E-state index in [4.69, 9.17) is 4.42 Å². The largest absolute Gasteiger partial charge is 0.414 e. The van der Waals surface area contributed by atoms with Crippen LogP contribution in [-0.2, 0) is 0 Å². The van der Waals surface area contributed by atoms with E-state index in [1.165, 1.54) is 0 Å². The van der Waals surface area contributed by atoms with Crippen molar-refractivity contribution in [1.82, 2.24) is 0 Å². The molecule has 3 heteroatoms. The minimum Gasteiger partial charge on any atom is -0.414 e. The van der Waals surface area contributed by atoms with E-state index in [2.05, 4.69) is 0 Å². The van der Waals surface area contributed by atoms with Gasteiger partial charge in [-0.15, -0.1) is 0 Å². The highest BCUT2D eigenvalue weighted by molar-refractivity contribution is 7.16. The minimum absolute atomic E-state index is 0.240. The second-order valence-electron chi connectivity index (χ2n) is 3.10. The highest BCUT2D eigenvalue weighted by atomic mass is 32.1. The topological polar surface area (TPSA) is 30.2 Å². The van der Waals surface area contributed by atoms with Crippen LogP contribution in [0.5, 0.6) is 0 Å². The van der Waals surface area contributed by atoms with Gasteiger partial charge in [0.05, 0.1) is 4.70 Å². The summed E-state index contributed by atoms with van der Waals surface area (Å²) in [7, 11) is 0. The zero-order valence-corrected chi connectivity index (χ0v) is 8.01. The first-order valence-electron chi connectivity index (χ1n) is 4.25. The molecule has 68 valence electrons. The highest BCUT2D eigenvalue weighted by Gasteiger charge is 2.02. The van der Waals surface area contributed by atoms with E-state index in [-0.39, 0.29) is 4.94 Å². The molecular weight excluding hydrogens is 196 g/mol. The lowest BCUT2D eigenvalue weighted by Gasteiger charge is -1.94. The van der Waals surface area contributed by atoms with E-state index in [0.29, 0.717) is 5.58 Å². The number of rotatable bonds is 0. The smallest absolute Gasteiger partial charge is 0.396 e. The monoisotopic (exact) mass is 202 g/mol. The van der Waals surface area contributed by atoms with Crippen LogP contribution in [0.1, 0.15) is 0 Å². The van der Waals surface area contributed by atoms with Crippen LogP contribution in [0.15, 0.2) is 45.6 Å². The first-order chi connectivity index (χ1) is 6.83. The van der Waals surface area contributed by atoms with Gasteiger partial charge in [0.2, 0.25) is 0 Å². The Kier molecular flexibility index (Phi) is 1.49. The SMILES string of the molecule is O=c1oc2cc3ccccc3cc2s1. The van der Waals surface area contributed by atoms with Gasteiger partial charge in [0.1, 0.15) is 5.58 Å². The Morgan fingerprint density at radius 1 is 1.07 bits per heavy atom. The van der Waals surface area contributed by atoms with Crippen molar-refractivity contribution in [3.05, 3.63) is 46.1 Å². The molecule has 0 saturated heterocycles. The molecule has 1 heterocycles. The van der Waals surface area contributed by atoms with Crippen LogP contribution in [0.4, 0.5) is 0 Å². The van der Waals surface area contributed by atoms with Crippen molar-refractivity contribution in [1.29, 1.82) is 0 Å². The maximum atomic E-state index is 11.0. The van der Waals surface area contributed by atoms with Gasteiger partial charge in [0.15, 0.2) is 0 Å². The Labute approximate surface area is 83.4 Å². The minimum atomic E-state index is -0.240. The lowest BCUT2D eigenvalue weighted by Crippen LogP contribution is -1.79. The molecule has 0 amide bonds. The average Bonchev–Trinajstić information content (AvgIpc) is 2.53. The molecule has 0 spiro atoms. The third-order valence-corrected chi connectivity index (χ3v) is 2.99. The summed E-state index contributed by atoms with van der Waals surface area (Å²) in [6, 6.07) is 11.9. The number of fused-ring (bicyclic) bond motifs is 2. The predicted octanol–water partition coefficient (Wildman–Crippen LogP) is 3.01. The van der Waals surface area contributed by atoms with Gasteiger partial charge in [-0.3, -0.25) is 0 Å². The summed E-state index contributed by atoms with van der Waals surface area (Å²) in [5.41, 5.74) is 0.679. The van der Waals surface area contributed by atoms with E-state index >= 15 is 0 Å². The van der Waals surface area contributed by atoms with Crippen molar-refractivity contribution in [2.75, 3.05) is 0 Å². The van der Waals surface area contributed by atoms with Crippen molar-refractivity contribution in [3.8, 4) is 0 Å². The molecule has 0 N–H and O–H groups in total. The van der Waals surface area contributed by atoms with Gasteiger partial charge < -0.3 is 4.42 Å². The zero-order valence-electron chi connectivity index (χ0n) is 7.19. The summed E-state index contributed by atoms with van der Waals surface area (Å²) in [5.74, 6) is 0. The second-order valence-corrected chi connectivity index (χ2v) is 4.08. The molecule has 0 unspecified atom stereocenters. The Morgan fingerprint density at radius 2 is 1.79 bits per heavy atom. The van der Waals surface area contributed by atoms with Crippen LogP contribution in [-0.4, -0.2) is 0 Å². The quantitative estimate of drug-likeness (QED) is 0.561. The highest BCUT2D eigenvalue weighted by Crippen LogP contribution is 2.24. The number of benzene rings is 2. The van der Waals surface area contributed by atoms with Crippen LogP contribution < -0.4 is 4.94 Å². The molecule has 0 saturated carbocycles. The van der Waals surface area contributed by atoms with Crippen LogP contribution in [0.25, 0.3) is 21.1 Å². The molecule has 3 rings (SSSR count). The van der Waals surface area contributed by atoms with Gasteiger partial charge in [-0.05, 0) is 22.9 Å². The summed E-state index contributed by atoms with van der Waals surface area (Å²) in [6.07, 6.45) is 0. The predicted molar refractivity (Wildman–Crippen MR) is 57.9 cm³/mol. The van der Waals surface area contributed by atoms with Gasteiger partial charge in [-0.2, -0.15) is 0 Å². The fraction of sp³-hybridized carbons (Fsp3) is 0. The van der Waals surface area contributed by atoms with Gasteiger partial charge in [-0.1, -0.05) is 35.6 Å². The third kappa shape index (κ3) is 1.06. The first kappa shape index (κ1) is 7.76. The lowest BCUT2D eigenvalue weighted by molar-refractivity contribution is 0.586. The fourth-order valence-electron chi connectivity index (χ4n) is 1.56. The van der Waals surface area contributed by atoms with E-state index in [0.717, 1.165) is 26.8 Å². The number of hydrogen-bond acceptors (Lipinski definition) is 3. The molecule has 0 aliphatic heterocycles. The van der Waals surface area contributed by atoms with Gasteiger partial charge in [-0.25, -0.2) is 4.79 Å². The molecule has 14 heavy (non-hydrogen) atoms. The molecule has 0 fully saturated rings. The van der Waals surface area contributed by atoms with Gasteiger partial charge >= 0.3 is 4.94 Å². The van der Waals surface area contributed by atoms with Gasteiger partial charge in [0, 0.05) is 0 Å². The molecule has 2 aromatic carbocycles. The van der Waals surface area contributed by atoms with Crippen LogP contribution in [0.2, 0.25) is 0 Å². The second kappa shape index (κ2) is 2.69. The molecule has 0 aliphatic carbocycles. The molecule has 2 nitrogen and oxygen atoms in total. The summed E-state index contributed by atoms with van der Waals surface area (Å²) < 4.78 is 5.95. The molecule has 0 radical (unpaired) electrons. The van der Waals surface area contributed by atoms with Crippen molar-refractivity contribution >= 4 is 32.4 Å². The van der Waals surface area contributed by atoms with Crippen LogP contribution >= 0.6 is 11.3 Å². The average molecular weight is 202 g/mol. The molecule has 0 bridgehead atoms. The Morgan fingerprint density at radius 3 is 2.57 bits per heavy atom. The van der Waals surface area contributed by atoms with Crippen molar-refractivity contribution in [3.63, 3.8) is 0 Å². The van der Waals surface area contributed by atoms with Crippen molar-refractivity contribution in [2.24, 2.45) is 0 Å². The normalized spacial score (nSPS) is 11.1. The van der Waals surface area contributed by atoms with Crippen molar-refractivity contribution in [2.45, 2.75) is 0 Å². The maximum Gasteiger partial charge on any atom is 0.396 e. The van der Waals surface area contributed by atoms with Crippen LogP contribution in [0, 0.1) is 0 Å². The standard InChI is InChI=1S/C11H6O2S/c12-11-13-9-5-7-3-1-2-4-8(7)6-10(9)14-11/h1-6H. The number of hydrogen-bond donors (Lipinski definition) is 0. The van der Waals surface area contributed by atoms with E-state index < -0.39 is 0 Å². The van der Waals surface area contributed by atoms with E-state index in [1.54, 1.807) is 0 Å². The summed E-state index contributed by atoms with van der Waals surface area (Å²) in [6.45, 7) is 0. The molecule has 0 aliphatic rings. The van der Waals surface area contributed by atoms with E-state index in [9.17, 15) is 4.79 Å². The fourth-order valence-corrected chi connectivity index (χ4v) is 2.26. The Balaban J connectivity index is 2.57. The lowest BCUT2D eigenvalue weighted by atomic mass is 10.1. The molecular formula is C11H6O2S. The maximum absolute atomic E-state index is 11.0. The Hall–Kier alpha value is -1.61. The van der Waals surface area contributed by atoms with Crippen molar-refractivity contribution < 1.29 is 4.42 Å². The van der Waals surface area contributed by atoms with Gasteiger partial charge in [0.25, 0.3) is 0 Å².